The standard InChI is InChI=1S/C11H17O2P/c1-3-6-11(13-14)12-10-8-5-4-7-9(10)2/h4-5,7-8,11H,3,6,14H2,1-2H3. The van der Waals surface area contributed by atoms with Crippen molar-refractivity contribution >= 4 is 9.47 Å². The largest absolute Gasteiger partial charge is 0.464 e. The molecule has 0 bridgehead atoms. The lowest BCUT2D eigenvalue weighted by Crippen LogP contribution is -2.16. The van der Waals surface area contributed by atoms with Crippen molar-refractivity contribution in [1.29, 1.82) is 0 Å². The van der Waals surface area contributed by atoms with Crippen LogP contribution in [0.5, 0.6) is 5.75 Å². The number of ether oxygens (including phenoxy) is 1. The summed E-state index contributed by atoms with van der Waals surface area (Å²) in [5, 5.41) is 0. The molecule has 2 atom stereocenters. The second kappa shape index (κ2) is 6.00. The van der Waals surface area contributed by atoms with Crippen molar-refractivity contribution in [3.05, 3.63) is 29.8 Å². The molecule has 0 aliphatic heterocycles. The van der Waals surface area contributed by atoms with E-state index in [1.165, 1.54) is 0 Å². The molecule has 0 aliphatic rings. The maximum absolute atomic E-state index is 5.69. The first-order valence-electron chi connectivity index (χ1n) is 4.85. The van der Waals surface area contributed by atoms with Gasteiger partial charge in [0.2, 0.25) is 6.29 Å². The molecule has 0 saturated carbocycles. The van der Waals surface area contributed by atoms with Crippen LogP contribution in [0.2, 0.25) is 0 Å². The fourth-order valence-electron chi connectivity index (χ4n) is 1.22. The van der Waals surface area contributed by atoms with Crippen LogP contribution >= 0.6 is 9.47 Å². The Morgan fingerprint density at radius 2 is 2.07 bits per heavy atom. The summed E-state index contributed by atoms with van der Waals surface area (Å²) in [7, 11) is 2.25. The summed E-state index contributed by atoms with van der Waals surface area (Å²) < 4.78 is 10.8. The molecular weight excluding hydrogens is 195 g/mol. The molecule has 14 heavy (non-hydrogen) atoms. The van der Waals surface area contributed by atoms with Gasteiger partial charge in [-0.1, -0.05) is 31.5 Å². The number of aryl methyl sites for hydroxylation is 1. The predicted molar refractivity (Wildman–Crippen MR) is 61.3 cm³/mol. The van der Waals surface area contributed by atoms with E-state index in [0.717, 1.165) is 24.2 Å². The van der Waals surface area contributed by atoms with Crippen molar-refractivity contribution in [1.82, 2.24) is 0 Å². The van der Waals surface area contributed by atoms with Crippen molar-refractivity contribution in [3.63, 3.8) is 0 Å². The Hall–Kier alpha value is -0.590. The lowest BCUT2D eigenvalue weighted by atomic mass is 10.2. The van der Waals surface area contributed by atoms with Gasteiger partial charge in [0.05, 0.1) is 0 Å². The van der Waals surface area contributed by atoms with Gasteiger partial charge in [-0.05, 0) is 18.6 Å². The Bertz CT molecular complexity index is 276. The minimum atomic E-state index is -0.161. The fraction of sp³-hybridized carbons (Fsp3) is 0.455. The molecule has 0 aliphatic carbocycles. The fourth-order valence-corrected chi connectivity index (χ4v) is 1.41. The topological polar surface area (TPSA) is 18.5 Å². The molecule has 2 nitrogen and oxygen atoms in total. The highest BCUT2D eigenvalue weighted by Gasteiger charge is 2.08. The Balaban J connectivity index is 2.62. The Kier molecular flexibility index (Phi) is 4.92. The van der Waals surface area contributed by atoms with E-state index in [1.807, 2.05) is 31.2 Å². The summed E-state index contributed by atoms with van der Waals surface area (Å²) in [5.74, 6) is 0.897. The molecule has 2 unspecified atom stereocenters. The molecule has 0 spiro atoms. The SMILES string of the molecule is CCCC(OP)Oc1ccccc1C. The van der Waals surface area contributed by atoms with E-state index in [0.29, 0.717) is 0 Å². The van der Waals surface area contributed by atoms with Gasteiger partial charge >= 0.3 is 0 Å². The van der Waals surface area contributed by atoms with E-state index in [-0.39, 0.29) is 6.29 Å². The zero-order valence-corrected chi connectivity index (χ0v) is 9.85. The van der Waals surface area contributed by atoms with Crippen LogP contribution in [-0.2, 0) is 4.52 Å². The van der Waals surface area contributed by atoms with Crippen LogP contribution < -0.4 is 4.74 Å². The maximum Gasteiger partial charge on any atom is 0.202 e. The molecule has 1 aromatic carbocycles. The normalized spacial score (nSPS) is 12.5. The molecule has 1 rings (SSSR count). The monoisotopic (exact) mass is 212 g/mol. The van der Waals surface area contributed by atoms with E-state index in [9.17, 15) is 0 Å². The second-order valence-corrected chi connectivity index (χ2v) is 3.51. The number of hydrogen-bond acceptors (Lipinski definition) is 2. The van der Waals surface area contributed by atoms with Crippen LogP contribution in [0.15, 0.2) is 24.3 Å². The highest BCUT2D eigenvalue weighted by atomic mass is 31.0. The average molecular weight is 212 g/mol. The summed E-state index contributed by atoms with van der Waals surface area (Å²) in [5.41, 5.74) is 1.13. The summed E-state index contributed by atoms with van der Waals surface area (Å²) in [6.07, 6.45) is 1.79. The van der Waals surface area contributed by atoms with E-state index in [4.69, 9.17) is 9.26 Å². The van der Waals surface area contributed by atoms with Crippen LogP contribution in [0.25, 0.3) is 0 Å². The van der Waals surface area contributed by atoms with Crippen LogP contribution in [0.4, 0.5) is 0 Å². The lowest BCUT2D eigenvalue weighted by molar-refractivity contribution is 0.0137. The number of para-hydroxylation sites is 1. The highest BCUT2D eigenvalue weighted by Crippen LogP contribution is 2.20. The third-order valence-corrected chi connectivity index (χ3v) is 2.33. The van der Waals surface area contributed by atoms with Gasteiger partial charge in [0.15, 0.2) is 0 Å². The first-order valence-corrected chi connectivity index (χ1v) is 5.33. The molecule has 1 aromatic rings. The zero-order valence-electron chi connectivity index (χ0n) is 8.69. The molecule has 0 saturated heterocycles. The van der Waals surface area contributed by atoms with Crippen molar-refractivity contribution < 1.29 is 9.26 Å². The van der Waals surface area contributed by atoms with Gasteiger partial charge < -0.3 is 9.26 Å². The predicted octanol–water partition coefficient (Wildman–Crippen LogP) is 3.31. The summed E-state index contributed by atoms with van der Waals surface area (Å²) >= 11 is 0. The molecule has 0 radical (unpaired) electrons. The summed E-state index contributed by atoms with van der Waals surface area (Å²) in [4.78, 5) is 0. The van der Waals surface area contributed by atoms with Gasteiger partial charge in [-0.2, -0.15) is 0 Å². The first kappa shape index (κ1) is 11.5. The number of hydrogen-bond donors (Lipinski definition) is 0. The van der Waals surface area contributed by atoms with E-state index >= 15 is 0 Å². The molecule has 0 aromatic heterocycles. The van der Waals surface area contributed by atoms with E-state index in [2.05, 4.69) is 16.4 Å². The Labute approximate surface area is 87.9 Å². The molecule has 0 N–H and O–H groups in total. The minimum Gasteiger partial charge on any atom is -0.464 e. The van der Waals surface area contributed by atoms with Gasteiger partial charge in [-0.25, -0.2) is 0 Å². The molecule has 78 valence electrons. The summed E-state index contributed by atoms with van der Waals surface area (Å²) in [6.45, 7) is 4.14. The van der Waals surface area contributed by atoms with Crippen molar-refractivity contribution in [2.75, 3.05) is 0 Å². The highest BCUT2D eigenvalue weighted by molar-refractivity contribution is 7.09. The van der Waals surface area contributed by atoms with Gasteiger partial charge in [0.1, 0.15) is 5.75 Å². The van der Waals surface area contributed by atoms with Gasteiger partial charge in [0.25, 0.3) is 0 Å². The third-order valence-electron chi connectivity index (χ3n) is 2.03. The first-order chi connectivity index (χ1) is 6.77. The minimum absolute atomic E-state index is 0.161. The van der Waals surface area contributed by atoms with Crippen LogP contribution in [0.1, 0.15) is 25.3 Å². The van der Waals surface area contributed by atoms with Gasteiger partial charge in [0, 0.05) is 15.9 Å². The zero-order chi connectivity index (χ0) is 10.4. The Morgan fingerprint density at radius 1 is 1.36 bits per heavy atom. The van der Waals surface area contributed by atoms with Gasteiger partial charge in [-0.3, -0.25) is 0 Å². The van der Waals surface area contributed by atoms with Crippen molar-refractivity contribution in [2.24, 2.45) is 0 Å². The molecule has 0 amide bonds. The smallest absolute Gasteiger partial charge is 0.202 e. The van der Waals surface area contributed by atoms with Gasteiger partial charge in [-0.15, -0.1) is 0 Å². The van der Waals surface area contributed by atoms with E-state index < -0.39 is 0 Å². The number of benzene rings is 1. The molecular formula is C11H17O2P. The van der Waals surface area contributed by atoms with Crippen LogP contribution in [0, 0.1) is 6.92 Å². The van der Waals surface area contributed by atoms with Crippen LogP contribution in [-0.4, -0.2) is 6.29 Å². The molecule has 3 heteroatoms. The molecule has 0 fully saturated rings. The maximum atomic E-state index is 5.69. The number of rotatable bonds is 5. The van der Waals surface area contributed by atoms with E-state index in [1.54, 1.807) is 0 Å². The lowest BCUT2D eigenvalue weighted by Gasteiger charge is -2.17. The van der Waals surface area contributed by atoms with Crippen molar-refractivity contribution in [3.8, 4) is 5.75 Å². The summed E-state index contributed by atoms with van der Waals surface area (Å²) in [6, 6.07) is 7.95. The quantitative estimate of drug-likeness (QED) is 0.550. The van der Waals surface area contributed by atoms with Crippen LogP contribution in [0.3, 0.4) is 0 Å². The average Bonchev–Trinajstić information content (AvgIpc) is 2.20. The van der Waals surface area contributed by atoms with Crippen molar-refractivity contribution in [2.45, 2.75) is 33.0 Å². The second-order valence-electron chi connectivity index (χ2n) is 3.24. The molecule has 0 heterocycles. The Morgan fingerprint density at radius 3 is 2.64 bits per heavy atom. The third kappa shape index (κ3) is 3.28.